The molecule has 0 spiro atoms. The van der Waals surface area contributed by atoms with Crippen molar-refractivity contribution in [3.63, 3.8) is 0 Å². The highest BCUT2D eigenvalue weighted by Crippen LogP contribution is 2.49. The highest BCUT2D eigenvalue weighted by Gasteiger charge is 2.45. The van der Waals surface area contributed by atoms with Crippen LogP contribution in [0.1, 0.15) is 52.0 Å². The number of benzene rings is 1. The van der Waals surface area contributed by atoms with E-state index < -0.39 is 5.60 Å². The van der Waals surface area contributed by atoms with Gasteiger partial charge in [-0.3, -0.25) is 0 Å². The zero-order chi connectivity index (χ0) is 13.4. The molecule has 1 nitrogen and oxygen atoms in total. The van der Waals surface area contributed by atoms with E-state index in [2.05, 4.69) is 20.8 Å². The van der Waals surface area contributed by atoms with Crippen LogP contribution in [0.15, 0.2) is 24.3 Å². The van der Waals surface area contributed by atoms with Crippen molar-refractivity contribution in [3.05, 3.63) is 35.6 Å². The molecule has 18 heavy (non-hydrogen) atoms. The van der Waals surface area contributed by atoms with Gasteiger partial charge in [0.25, 0.3) is 0 Å². The average Bonchev–Trinajstić information content (AvgIpc) is 2.28. The quantitative estimate of drug-likeness (QED) is 0.790. The first kappa shape index (κ1) is 13.5. The van der Waals surface area contributed by atoms with Crippen LogP contribution in [-0.4, -0.2) is 5.11 Å². The van der Waals surface area contributed by atoms with Gasteiger partial charge in [0, 0.05) is 0 Å². The largest absolute Gasteiger partial charge is 0.385 e. The fourth-order valence-electron chi connectivity index (χ4n) is 3.39. The molecule has 1 N–H and O–H groups in total. The highest BCUT2D eigenvalue weighted by molar-refractivity contribution is 5.25. The van der Waals surface area contributed by atoms with Crippen molar-refractivity contribution in [2.75, 3.05) is 0 Å². The molecule has 0 amide bonds. The van der Waals surface area contributed by atoms with Crippen LogP contribution in [0.25, 0.3) is 0 Å². The Labute approximate surface area is 109 Å². The van der Waals surface area contributed by atoms with E-state index in [0.29, 0.717) is 0 Å². The third-order valence-electron chi connectivity index (χ3n) is 4.27. The lowest BCUT2D eigenvalue weighted by Gasteiger charge is -2.47. The Morgan fingerprint density at radius 1 is 1.17 bits per heavy atom. The average molecular weight is 250 g/mol. The molecule has 1 saturated carbocycles. The minimum atomic E-state index is -0.801. The van der Waals surface area contributed by atoms with Gasteiger partial charge in [-0.2, -0.15) is 0 Å². The molecule has 0 aliphatic heterocycles. The summed E-state index contributed by atoms with van der Waals surface area (Å²) in [4.78, 5) is 0. The Morgan fingerprint density at radius 3 is 2.33 bits per heavy atom. The van der Waals surface area contributed by atoms with Crippen molar-refractivity contribution in [2.45, 2.75) is 52.1 Å². The minimum Gasteiger partial charge on any atom is -0.385 e. The normalized spacial score (nSPS) is 29.3. The summed E-state index contributed by atoms with van der Waals surface area (Å²) in [6.45, 7) is 6.53. The van der Waals surface area contributed by atoms with Crippen molar-refractivity contribution in [1.82, 2.24) is 0 Å². The van der Waals surface area contributed by atoms with Gasteiger partial charge in [0.15, 0.2) is 0 Å². The van der Waals surface area contributed by atoms with E-state index in [1.54, 1.807) is 12.1 Å². The molecular weight excluding hydrogens is 227 g/mol. The van der Waals surface area contributed by atoms with Gasteiger partial charge in [0.1, 0.15) is 5.82 Å². The topological polar surface area (TPSA) is 20.2 Å². The third kappa shape index (κ3) is 2.44. The van der Waals surface area contributed by atoms with Crippen LogP contribution in [0, 0.1) is 17.2 Å². The predicted molar refractivity (Wildman–Crippen MR) is 71.7 cm³/mol. The van der Waals surface area contributed by atoms with Gasteiger partial charge in [-0.15, -0.1) is 0 Å². The van der Waals surface area contributed by atoms with E-state index in [1.165, 1.54) is 18.6 Å². The summed E-state index contributed by atoms with van der Waals surface area (Å²) in [6.07, 6.45) is 4.03. The summed E-state index contributed by atoms with van der Waals surface area (Å²) in [7, 11) is 0. The molecule has 0 saturated heterocycles. The summed E-state index contributed by atoms with van der Waals surface area (Å²) >= 11 is 0. The van der Waals surface area contributed by atoms with Gasteiger partial charge in [-0.25, -0.2) is 4.39 Å². The molecule has 1 fully saturated rings. The van der Waals surface area contributed by atoms with E-state index in [9.17, 15) is 9.50 Å². The van der Waals surface area contributed by atoms with Crippen molar-refractivity contribution >= 4 is 0 Å². The molecule has 0 heterocycles. The second kappa shape index (κ2) is 4.65. The van der Waals surface area contributed by atoms with Crippen molar-refractivity contribution < 1.29 is 9.50 Å². The fraction of sp³-hybridized carbons (Fsp3) is 0.625. The molecular formula is C16H23FO. The second-order valence-corrected chi connectivity index (χ2v) is 6.60. The Hall–Kier alpha value is -0.890. The van der Waals surface area contributed by atoms with Gasteiger partial charge in [-0.1, -0.05) is 45.7 Å². The Kier molecular flexibility index (Phi) is 3.50. The number of halogens is 1. The number of aliphatic hydroxyl groups is 1. The Morgan fingerprint density at radius 2 is 1.78 bits per heavy atom. The first-order chi connectivity index (χ1) is 8.34. The maximum absolute atomic E-state index is 13.0. The van der Waals surface area contributed by atoms with Crippen LogP contribution in [0.4, 0.5) is 4.39 Å². The zero-order valence-corrected chi connectivity index (χ0v) is 11.5. The number of hydrogen-bond acceptors (Lipinski definition) is 1. The van der Waals surface area contributed by atoms with E-state index in [4.69, 9.17) is 0 Å². The van der Waals surface area contributed by atoms with Crippen molar-refractivity contribution in [2.24, 2.45) is 11.3 Å². The van der Waals surface area contributed by atoms with Crippen LogP contribution in [0.2, 0.25) is 0 Å². The summed E-state index contributed by atoms with van der Waals surface area (Å²) in [5.74, 6) is -0.0188. The predicted octanol–water partition coefficient (Wildman–Crippen LogP) is 4.25. The number of hydrogen-bond donors (Lipinski definition) is 1. The van der Waals surface area contributed by atoms with Crippen LogP contribution in [-0.2, 0) is 5.60 Å². The molecule has 2 unspecified atom stereocenters. The number of rotatable bonds is 1. The minimum absolute atomic E-state index is 0.0591. The van der Waals surface area contributed by atoms with E-state index >= 15 is 0 Å². The van der Waals surface area contributed by atoms with Crippen LogP contribution in [0.3, 0.4) is 0 Å². The fourth-order valence-corrected chi connectivity index (χ4v) is 3.39. The van der Waals surface area contributed by atoms with Gasteiger partial charge in [-0.05, 0) is 41.9 Å². The van der Waals surface area contributed by atoms with Gasteiger partial charge < -0.3 is 5.11 Å². The summed E-state index contributed by atoms with van der Waals surface area (Å²) < 4.78 is 13.0. The zero-order valence-electron chi connectivity index (χ0n) is 11.5. The summed E-state index contributed by atoms with van der Waals surface area (Å²) in [5.41, 5.74) is 0.122. The van der Waals surface area contributed by atoms with E-state index in [0.717, 1.165) is 24.8 Å². The molecule has 0 aromatic heterocycles. The summed E-state index contributed by atoms with van der Waals surface area (Å²) in [5, 5.41) is 11.1. The molecule has 2 heteroatoms. The molecule has 100 valence electrons. The molecule has 1 aliphatic rings. The first-order valence-corrected chi connectivity index (χ1v) is 6.82. The van der Waals surface area contributed by atoms with E-state index in [1.807, 2.05) is 0 Å². The molecule has 2 atom stereocenters. The maximum atomic E-state index is 13.0. The lowest BCUT2D eigenvalue weighted by atomic mass is 9.61. The first-order valence-electron chi connectivity index (χ1n) is 6.82. The van der Waals surface area contributed by atoms with Crippen molar-refractivity contribution in [1.29, 1.82) is 0 Å². The highest BCUT2D eigenvalue weighted by atomic mass is 19.1. The maximum Gasteiger partial charge on any atom is 0.123 e. The smallest absolute Gasteiger partial charge is 0.123 e. The Balaban J connectivity index is 2.39. The van der Waals surface area contributed by atoms with E-state index in [-0.39, 0.29) is 17.2 Å². The molecule has 1 aromatic carbocycles. The summed E-state index contributed by atoms with van der Waals surface area (Å²) in [6, 6.07) is 6.36. The second-order valence-electron chi connectivity index (χ2n) is 6.60. The SMILES string of the molecule is CC(C)(C)C1CCCCC1(O)c1ccc(F)cc1. The third-order valence-corrected chi connectivity index (χ3v) is 4.27. The van der Waals surface area contributed by atoms with Gasteiger partial charge in [0.05, 0.1) is 5.60 Å². The van der Waals surface area contributed by atoms with Gasteiger partial charge in [0.2, 0.25) is 0 Å². The molecule has 1 aliphatic carbocycles. The van der Waals surface area contributed by atoms with Crippen LogP contribution in [0.5, 0.6) is 0 Å². The van der Waals surface area contributed by atoms with Crippen LogP contribution >= 0.6 is 0 Å². The monoisotopic (exact) mass is 250 g/mol. The molecule has 0 bridgehead atoms. The van der Waals surface area contributed by atoms with Crippen LogP contribution < -0.4 is 0 Å². The lowest BCUT2D eigenvalue weighted by Crippen LogP contribution is -2.44. The lowest BCUT2D eigenvalue weighted by molar-refractivity contribution is -0.0959. The molecule has 1 aromatic rings. The van der Waals surface area contributed by atoms with Gasteiger partial charge >= 0.3 is 0 Å². The Bertz CT molecular complexity index is 404. The van der Waals surface area contributed by atoms with Crippen molar-refractivity contribution in [3.8, 4) is 0 Å². The molecule has 0 radical (unpaired) electrons. The standard InChI is InChI=1S/C16H23FO/c1-15(2,3)14-6-4-5-11-16(14,18)12-7-9-13(17)10-8-12/h7-10,14,18H,4-6,11H2,1-3H3. The molecule has 2 rings (SSSR count).